The van der Waals surface area contributed by atoms with Crippen molar-refractivity contribution in [2.24, 2.45) is 0 Å². The maximum Gasteiger partial charge on any atom is 0.394 e. The van der Waals surface area contributed by atoms with E-state index in [4.69, 9.17) is 32.5 Å². The minimum absolute atomic E-state index is 0.00694. The third kappa shape index (κ3) is 16.1. The Balaban J connectivity index is 0. The summed E-state index contributed by atoms with van der Waals surface area (Å²) in [6.45, 7) is 3.94. The van der Waals surface area contributed by atoms with E-state index in [0.29, 0.717) is 0 Å². The molecular weight excluding hydrogens is 308 g/mol. The van der Waals surface area contributed by atoms with Crippen molar-refractivity contribution in [1.29, 1.82) is 0 Å². The Morgan fingerprint density at radius 2 is 1.57 bits per heavy atom. The standard InChI is InChI=1S/C8H14N2O2.C2H4O2.H2O4S/c1-3-10-5-4-9(2)7(10)6-8(11)12;1-2(3)4;1-5(2,3)4/h4-5,7H,3,6H2,1-2H3,(H,11,12);1H3,(H,3,4);(H2,1,2,3,4). The van der Waals surface area contributed by atoms with Crippen LogP contribution in [0.1, 0.15) is 20.3 Å². The first-order chi connectivity index (χ1) is 9.38. The fourth-order valence-electron chi connectivity index (χ4n) is 1.36. The van der Waals surface area contributed by atoms with Crippen LogP contribution in [0.2, 0.25) is 0 Å². The van der Waals surface area contributed by atoms with Crippen molar-refractivity contribution in [1.82, 2.24) is 9.80 Å². The Kier molecular flexibility index (Phi) is 10.2. The lowest BCUT2D eigenvalue weighted by molar-refractivity contribution is -0.139. The largest absolute Gasteiger partial charge is 0.481 e. The number of nitrogens with zero attached hydrogens (tertiary/aromatic N) is 2. The summed E-state index contributed by atoms with van der Waals surface area (Å²) in [5, 5.41) is 16.0. The molecule has 0 aromatic carbocycles. The summed E-state index contributed by atoms with van der Waals surface area (Å²) in [5.41, 5.74) is 0. The summed E-state index contributed by atoms with van der Waals surface area (Å²) in [4.78, 5) is 23.4. The molecule has 0 saturated heterocycles. The number of carboxylic acid groups (broad SMARTS) is 2. The molecule has 0 bridgehead atoms. The SMILES string of the molecule is CC(=O)O.CCN1C=CN(C)C1CC(=O)O.O=S(=O)(O)O. The van der Waals surface area contributed by atoms with E-state index in [1.165, 1.54) is 0 Å². The van der Waals surface area contributed by atoms with Gasteiger partial charge in [-0.15, -0.1) is 0 Å². The molecule has 11 heteroatoms. The molecule has 1 atom stereocenters. The van der Waals surface area contributed by atoms with Gasteiger partial charge in [0.05, 0.1) is 6.42 Å². The van der Waals surface area contributed by atoms with Crippen molar-refractivity contribution in [2.45, 2.75) is 26.4 Å². The zero-order valence-electron chi connectivity index (χ0n) is 11.9. The molecule has 0 aliphatic carbocycles. The third-order valence-electron chi connectivity index (χ3n) is 2.07. The number of hydrogen-bond acceptors (Lipinski definition) is 6. The van der Waals surface area contributed by atoms with Crippen molar-refractivity contribution in [3.63, 3.8) is 0 Å². The molecule has 0 spiro atoms. The smallest absolute Gasteiger partial charge is 0.394 e. The van der Waals surface area contributed by atoms with E-state index >= 15 is 0 Å². The van der Waals surface area contributed by atoms with Crippen LogP contribution >= 0.6 is 0 Å². The zero-order chi connectivity index (χ0) is 17.2. The summed E-state index contributed by atoms with van der Waals surface area (Å²) in [6.07, 6.45) is 3.98. The van der Waals surface area contributed by atoms with Crippen LogP contribution in [0, 0.1) is 0 Å². The minimum Gasteiger partial charge on any atom is -0.481 e. The lowest BCUT2D eigenvalue weighted by atomic mass is 10.3. The van der Waals surface area contributed by atoms with E-state index in [9.17, 15) is 4.79 Å². The molecule has 10 nitrogen and oxygen atoms in total. The van der Waals surface area contributed by atoms with Crippen LogP contribution in [0.5, 0.6) is 0 Å². The molecule has 1 unspecified atom stereocenters. The predicted octanol–water partition coefficient (Wildman–Crippen LogP) is -0.0362. The van der Waals surface area contributed by atoms with Crippen LogP contribution < -0.4 is 0 Å². The van der Waals surface area contributed by atoms with Gasteiger partial charge in [-0.3, -0.25) is 18.7 Å². The Morgan fingerprint density at radius 1 is 1.19 bits per heavy atom. The van der Waals surface area contributed by atoms with Crippen LogP contribution in [-0.2, 0) is 20.0 Å². The van der Waals surface area contributed by atoms with Gasteiger partial charge in [-0.2, -0.15) is 8.42 Å². The van der Waals surface area contributed by atoms with Gasteiger partial charge < -0.3 is 20.0 Å². The lowest BCUT2D eigenvalue weighted by Crippen LogP contribution is -2.38. The summed E-state index contributed by atoms with van der Waals surface area (Å²) < 4.78 is 31.6. The maximum atomic E-state index is 10.5. The van der Waals surface area contributed by atoms with Gasteiger partial charge in [0.25, 0.3) is 5.97 Å². The Morgan fingerprint density at radius 3 is 1.86 bits per heavy atom. The van der Waals surface area contributed by atoms with Gasteiger partial charge in [0.1, 0.15) is 6.17 Å². The maximum absolute atomic E-state index is 10.5. The fourth-order valence-corrected chi connectivity index (χ4v) is 1.36. The summed E-state index contributed by atoms with van der Waals surface area (Å²) in [6, 6.07) is 0. The van der Waals surface area contributed by atoms with Gasteiger partial charge >= 0.3 is 16.4 Å². The number of hydrogen-bond donors (Lipinski definition) is 4. The van der Waals surface area contributed by atoms with Gasteiger partial charge in [-0.05, 0) is 6.92 Å². The first-order valence-electron chi connectivity index (χ1n) is 5.65. The molecule has 1 aliphatic heterocycles. The van der Waals surface area contributed by atoms with Crippen molar-refractivity contribution in [2.75, 3.05) is 13.6 Å². The summed E-state index contributed by atoms with van der Waals surface area (Å²) in [7, 11) is -2.78. The highest BCUT2D eigenvalue weighted by Crippen LogP contribution is 2.15. The zero-order valence-corrected chi connectivity index (χ0v) is 12.7. The highest BCUT2D eigenvalue weighted by atomic mass is 32.3. The van der Waals surface area contributed by atoms with E-state index in [1.807, 2.05) is 36.2 Å². The Bertz CT molecular complexity index is 450. The van der Waals surface area contributed by atoms with E-state index in [1.54, 1.807) is 0 Å². The van der Waals surface area contributed by atoms with Gasteiger partial charge in [-0.25, -0.2) is 0 Å². The van der Waals surface area contributed by atoms with Crippen LogP contribution in [0.4, 0.5) is 0 Å². The highest BCUT2D eigenvalue weighted by molar-refractivity contribution is 7.79. The average Bonchev–Trinajstić information content (AvgIpc) is 2.56. The normalized spacial score (nSPS) is 16.5. The molecule has 124 valence electrons. The highest BCUT2D eigenvalue weighted by Gasteiger charge is 2.24. The second-order valence-electron chi connectivity index (χ2n) is 3.84. The molecule has 0 radical (unpaired) electrons. The molecule has 0 amide bonds. The molecule has 1 heterocycles. The lowest BCUT2D eigenvalue weighted by Gasteiger charge is -2.27. The first-order valence-corrected chi connectivity index (χ1v) is 7.05. The van der Waals surface area contributed by atoms with E-state index in [2.05, 4.69) is 0 Å². The number of aliphatic carboxylic acids is 2. The van der Waals surface area contributed by atoms with Crippen LogP contribution in [0.3, 0.4) is 0 Å². The second-order valence-corrected chi connectivity index (χ2v) is 4.74. The molecule has 1 aliphatic rings. The number of carbonyl (C=O) groups is 2. The summed E-state index contributed by atoms with van der Waals surface area (Å²) >= 11 is 0. The quantitative estimate of drug-likeness (QED) is 0.518. The van der Waals surface area contributed by atoms with Crippen LogP contribution in [0.25, 0.3) is 0 Å². The molecule has 4 N–H and O–H groups in total. The van der Waals surface area contributed by atoms with Crippen LogP contribution in [-0.4, -0.2) is 69.2 Å². The predicted molar refractivity (Wildman–Crippen MR) is 72.8 cm³/mol. The van der Waals surface area contributed by atoms with Crippen molar-refractivity contribution >= 4 is 22.3 Å². The van der Waals surface area contributed by atoms with Gasteiger partial charge in [0.2, 0.25) is 0 Å². The van der Waals surface area contributed by atoms with Crippen molar-refractivity contribution in [3.8, 4) is 0 Å². The Labute approximate surface area is 122 Å². The Hall–Kier alpha value is -1.85. The topological polar surface area (TPSA) is 156 Å². The molecule has 0 aromatic rings. The van der Waals surface area contributed by atoms with E-state index in [-0.39, 0.29) is 12.6 Å². The van der Waals surface area contributed by atoms with Gasteiger partial charge in [-0.1, -0.05) is 0 Å². The minimum atomic E-state index is -4.67. The molecule has 1 rings (SSSR count). The molecule has 21 heavy (non-hydrogen) atoms. The van der Waals surface area contributed by atoms with E-state index in [0.717, 1.165) is 13.5 Å². The van der Waals surface area contributed by atoms with Crippen molar-refractivity contribution in [3.05, 3.63) is 12.4 Å². The number of rotatable bonds is 3. The average molecular weight is 328 g/mol. The fraction of sp³-hybridized carbons (Fsp3) is 0.600. The molecule has 0 saturated carbocycles. The van der Waals surface area contributed by atoms with Crippen LogP contribution in [0.15, 0.2) is 12.4 Å². The first kappa shape index (κ1) is 21.4. The van der Waals surface area contributed by atoms with Crippen molar-refractivity contribution < 1.29 is 37.3 Å². The molecule has 0 fully saturated rings. The summed E-state index contributed by atoms with van der Waals surface area (Å²) in [5.74, 6) is -1.59. The second kappa shape index (κ2) is 9.96. The van der Waals surface area contributed by atoms with Gasteiger partial charge in [0.15, 0.2) is 0 Å². The molecule has 0 aromatic heterocycles. The van der Waals surface area contributed by atoms with Gasteiger partial charge in [0, 0.05) is 32.9 Å². The van der Waals surface area contributed by atoms with E-state index < -0.39 is 22.3 Å². The third-order valence-corrected chi connectivity index (χ3v) is 2.07. The monoisotopic (exact) mass is 328 g/mol. The number of carboxylic acids is 2. The molecular formula is C10H20N2O8S.